The molecule has 25 heavy (non-hydrogen) atoms. The summed E-state index contributed by atoms with van der Waals surface area (Å²) in [7, 11) is 3.06. The van der Waals surface area contributed by atoms with Crippen molar-refractivity contribution in [3.05, 3.63) is 23.5 Å². The Labute approximate surface area is 154 Å². The molecule has 1 amide bonds. The van der Waals surface area contributed by atoms with E-state index in [1.165, 1.54) is 10.8 Å². The van der Waals surface area contributed by atoms with E-state index >= 15 is 0 Å². The van der Waals surface area contributed by atoms with Crippen molar-refractivity contribution in [3.8, 4) is 0 Å². The highest BCUT2D eigenvalue weighted by Crippen LogP contribution is 2.21. The van der Waals surface area contributed by atoms with Gasteiger partial charge in [-0.1, -0.05) is 21.6 Å². The van der Waals surface area contributed by atoms with Gasteiger partial charge in [-0.2, -0.15) is 5.10 Å². The Bertz CT molecular complexity index is 761. The van der Waals surface area contributed by atoms with Crippen molar-refractivity contribution < 1.29 is 14.7 Å². The van der Waals surface area contributed by atoms with E-state index in [4.69, 9.17) is 5.11 Å². The number of carbonyl (C=O) groups excluding carboxylic acids is 1. The topological polar surface area (TPSA) is 97.1 Å². The van der Waals surface area contributed by atoms with E-state index in [1.54, 1.807) is 17.0 Å². The van der Waals surface area contributed by atoms with E-state index in [1.807, 2.05) is 31.5 Å². The molecule has 2 rings (SSSR count). The van der Waals surface area contributed by atoms with Gasteiger partial charge in [-0.15, -0.1) is 0 Å². The monoisotopic (exact) mass is 382 g/mol. The molecule has 2 N–H and O–H groups in total. The summed E-state index contributed by atoms with van der Waals surface area (Å²) in [6, 6.07) is 2.04. The molecule has 9 heteroatoms. The summed E-state index contributed by atoms with van der Waals surface area (Å²) < 4.78 is 1.84. The van der Waals surface area contributed by atoms with Crippen molar-refractivity contribution in [2.24, 2.45) is 0 Å². The van der Waals surface area contributed by atoms with Crippen molar-refractivity contribution >= 4 is 44.5 Å². The first-order chi connectivity index (χ1) is 11.9. The molecule has 0 radical (unpaired) electrons. The second kappa shape index (κ2) is 9.10. The average Bonchev–Trinajstić information content (AvgIpc) is 2.95. The van der Waals surface area contributed by atoms with Crippen LogP contribution in [-0.4, -0.2) is 49.8 Å². The van der Waals surface area contributed by atoms with Crippen molar-refractivity contribution in [1.82, 2.24) is 20.1 Å². The Morgan fingerprint density at radius 1 is 1.32 bits per heavy atom. The largest absolute Gasteiger partial charge is 0.481 e. The number of hydrogen-bond acceptors (Lipinski definition) is 6. The number of amides is 1. The summed E-state index contributed by atoms with van der Waals surface area (Å²) >= 11 is 0. The number of hydrogen-bond donors (Lipinski definition) is 2. The highest BCUT2D eigenvalue weighted by atomic mass is 33.1. The molecule has 0 aliphatic carbocycles. The third kappa shape index (κ3) is 5.37. The first kappa shape index (κ1) is 19.6. The van der Waals surface area contributed by atoms with Crippen LogP contribution in [-0.2, 0) is 4.79 Å². The zero-order valence-electron chi connectivity index (χ0n) is 14.5. The summed E-state index contributed by atoms with van der Waals surface area (Å²) in [5.41, 5.74) is 2.02. The van der Waals surface area contributed by atoms with Crippen LogP contribution in [0.5, 0.6) is 0 Å². The fraction of sp³-hybridized carbons (Fsp3) is 0.500. The maximum Gasteiger partial charge on any atom is 0.304 e. The Morgan fingerprint density at radius 3 is 2.72 bits per heavy atom. The zero-order valence-corrected chi connectivity index (χ0v) is 16.1. The molecule has 2 heterocycles. The lowest BCUT2D eigenvalue weighted by molar-refractivity contribution is -0.136. The number of rotatable bonds is 9. The van der Waals surface area contributed by atoms with Crippen molar-refractivity contribution in [2.75, 3.05) is 18.1 Å². The standard InChI is InChI=1S/C16H22N4O3S2/c1-10(2)20-15-12(9-18-20)8-13(11(3)19-15)16(23)17-5-7-25-24-6-4-14(21)22/h8-10H,4-7H2,1-3H3,(H,17,23)(H,21,22). The lowest BCUT2D eigenvalue weighted by Crippen LogP contribution is -2.26. The number of carboxylic acids is 1. The van der Waals surface area contributed by atoms with E-state index in [-0.39, 0.29) is 18.4 Å². The van der Waals surface area contributed by atoms with Crippen LogP contribution in [0, 0.1) is 6.92 Å². The molecule has 0 spiro atoms. The highest BCUT2D eigenvalue weighted by molar-refractivity contribution is 8.76. The van der Waals surface area contributed by atoms with E-state index in [9.17, 15) is 9.59 Å². The minimum atomic E-state index is -0.791. The van der Waals surface area contributed by atoms with Gasteiger partial charge in [-0.25, -0.2) is 9.67 Å². The second-order valence-electron chi connectivity index (χ2n) is 5.76. The number of aryl methyl sites for hydroxylation is 1. The summed E-state index contributed by atoms with van der Waals surface area (Å²) in [5.74, 6) is 0.338. The van der Waals surface area contributed by atoms with Gasteiger partial charge in [0.1, 0.15) is 0 Å². The number of nitrogens with zero attached hydrogens (tertiary/aromatic N) is 3. The molecule has 7 nitrogen and oxygen atoms in total. The van der Waals surface area contributed by atoms with Crippen LogP contribution in [0.4, 0.5) is 0 Å². The van der Waals surface area contributed by atoms with Crippen LogP contribution in [0.15, 0.2) is 12.3 Å². The predicted molar refractivity (Wildman–Crippen MR) is 102 cm³/mol. The molecule has 0 atom stereocenters. The van der Waals surface area contributed by atoms with Gasteiger partial charge < -0.3 is 10.4 Å². The van der Waals surface area contributed by atoms with Crippen LogP contribution in [0.3, 0.4) is 0 Å². The van der Waals surface area contributed by atoms with Crippen LogP contribution in [0.2, 0.25) is 0 Å². The molecule has 0 fully saturated rings. The third-order valence-electron chi connectivity index (χ3n) is 3.45. The molecule has 136 valence electrons. The molecule has 0 aliphatic rings. The number of aliphatic carboxylic acids is 1. The van der Waals surface area contributed by atoms with E-state index in [0.29, 0.717) is 23.6 Å². The number of carboxylic acid groups (broad SMARTS) is 1. The number of fused-ring (bicyclic) bond motifs is 1. The van der Waals surface area contributed by atoms with Crippen LogP contribution in [0.25, 0.3) is 11.0 Å². The second-order valence-corrected chi connectivity index (χ2v) is 8.46. The van der Waals surface area contributed by atoms with Gasteiger partial charge >= 0.3 is 5.97 Å². The fourth-order valence-electron chi connectivity index (χ4n) is 2.22. The number of aromatic nitrogens is 3. The molecule has 0 aromatic carbocycles. The Balaban J connectivity index is 1.89. The molecule has 2 aromatic rings. The molecule has 0 aliphatic heterocycles. The van der Waals surface area contributed by atoms with Gasteiger partial charge in [0.2, 0.25) is 0 Å². The van der Waals surface area contributed by atoms with Crippen LogP contribution in [0.1, 0.15) is 42.4 Å². The first-order valence-electron chi connectivity index (χ1n) is 7.99. The zero-order chi connectivity index (χ0) is 18.4. The third-order valence-corrected chi connectivity index (χ3v) is 5.86. The number of carbonyl (C=O) groups is 2. The minimum absolute atomic E-state index is 0.152. The van der Waals surface area contributed by atoms with Crippen molar-refractivity contribution in [2.45, 2.75) is 33.2 Å². The average molecular weight is 383 g/mol. The lowest BCUT2D eigenvalue weighted by atomic mass is 10.1. The maximum atomic E-state index is 12.4. The van der Waals surface area contributed by atoms with Crippen LogP contribution < -0.4 is 5.32 Å². The van der Waals surface area contributed by atoms with E-state index in [0.717, 1.165) is 16.8 Å². The number of pyridine rings is 1. The SMILES string of the molecule is Cc1nc2c(cnn2C(C)C)cc1C(=O)NCCSSCCC(=O)O. The Hall–Kier alpha value is -1.74. The fourth-order valence-corrected chi connectivity index (χ4v) is 4.11. The summed E-state index contributed by atoms with van der Waals surface area (Å²) in [6.45, 7) is 6.42. The van der Waals surface area contributed by atoms with Crippen molar-refractivity contribution in [3.63, 3.8) is 0 Å². The molecule has 0 saturated heterocycles. The van der Waals surface area contributed by atoms with Gasteiger partial charge in [0, 0.05) is 29.5 Å². The molecule has 2 aromatic heterocycles. The lowest BCUT2D eigenvalue weighted by Gasteiger charge is -2.09. The van der Waals surface area contributed by atoms with Gasteiger partial charge in [-0.3, -0.25) is 9.59 Å². The Morgan fingerprint density at radius 2 is 2.04 bits per heavy atom. The summed E-state index contributed by atoms with van der Waals surface area (Å²) in [5, 5.41) is 16.6. The molecule has 0 unspecified atom stereocenters. The van der Waals surface area contributed by atoms with E-state index in [2.05, 4.69) is 15.4 Å². The quantitative estimate of drug-likeness (QED) is 0.508. The molecular formula is C16H22N4O3S2. The van der Waals surface area contributed by atoms with Crippen LogP contribution >= 0.6 is 21.6 Å². The van der Waals surface area contributed by atoms with Crippen molar-refractivity contribution in [1.29, 1.82) is 0 Å². The summed E-state index contributed by atoms with van der Waals surface area (Å²) in [4.78, 5) is 27.3. The molecular weight excluding hydrogens is 360 g/mol. The molecule has 0 bridgehead atoms. The highest BCUT2D eigenvalue weighted by Gasteiger charge is 2.15. The van der Waals surface area contributed by atoms with Gasteiger partial charge in [-0.05, 0) is 26.8 Å². The van der Waals surface area contributed by atoms with E-state index < -0.39 is 5.97 Å². The predicted octanol–water partition coefficient (Wildman–Crippen LogP) is 2.91. The summed E-state index contributed by atoms with van der Waals surface area (Å²) in [6.07, 6.45) is 1.88. The minimum Gasteiger partial charge on any atom is -0.481 e. The maximum absolute atomic E-state index is 12.4. The normalized spacial score (nSPS) is 11.2. The molecule has 0 saturated carbocycles. The smallest absolute Gasteiger partial charge is 0.304 e. The van der Waals surface area contributed by atoms with Gasteiger partial charge in [0.15, 0.2) is 5.65 Å². The van der Waals surface area contributed by atoms with Gasteiger partial charge in [0.25, 0.3) is 5.91 Å². The number of nitrogens with one attached hydrogen (secondary N) is 1. The first-order valence-corrected chi connectivity index (χ1v) is 10.5. The van der Waals surface area contributed by atoms with Gasteiger partial charge in [0.05, 0.1) is 23.9 Å². The Kier molecular flexibility index (Phi) is 7.12.